The lowest BCUT2D eigenvalue weighted by Crippen LogP contribution is -2.01. The highest BCUT2D eigenvalue weighted by Crippen LogP contribution is 1.98. The highest BCUT2D eigenvalue weighted by Gasteiger charge is 1.97. The number of nitrogens with two attached hydrogens (primary N) is 1. The minimum Gasteiger partial charge on any atom is -0.324 e. The van der Waals surface area contributed by atoms with Crippen LogP contribution >= 0.6 is 0 Å². The number of rotatable bonds is 1. The zero-order valence-corrected chi connectivity index (χ0v) is 4.59. The molecule has 0 spiro atoms. The van der Waals surface area contributed by atoms with Gasteiger partial charge < -0.3 is 5.73 Å². The molecule has 0 unspecified atom stereocenters. The monoisotopic (exact) mass is 106 g/mol. The maximum atomic E-state index is 5.32. The van der Waals surface area contributed by atoms with E-state index in [0.717, 1.165) is 5.57 Å². The Morgan fingerprint density at radius 2 is 2.38 bits per heavy atom. The topological polar surface area (TPSA) is 26.0 Å². The zero-order valence-electron chi connectivity index (χ0n) is 4.59. The molecular formula is C7H8N+. The third kappa shape index (κ3) is 1.03. The van der Waals surface area contributed by atoms with Gasteiger partial charge >= 0.3 is 0 Å². The number of hydrogen-bond acceptors (Lipinski definition) is 1. The van der Waals surface area contributed by atoms with E-state index in [1.165, 1.54) is 0 Å². The standard InChI is InChI=1S/C7H8N/c8-6-7-4-2-1-3-5-7/h1-4H,6,8H2/q+1. The second-order valence-electron chi connectivity index (χ2n) is 1.59. The van der Waals surface area contributed by atoms with Gasteiger partial charge in [-0.1, -0.05) is 0 Å². The van der Waals surface area contributed by atoms with Crippen molar-refractivity contribution in [3.05, 3.63) is 36.0 Å². The van der Waals surface area contributed by atoms with Gasteiger partial charge in [-0.25, -0.2) is 0 Å². The van der Waals surface area contributed by atoms with Gasteiger partial charge in [-0.05, 0) is 0 Å². The van der Waals surface area contributed by atoms with Crippen molar-refractivity contribution in [1.29, 1.82) is 0 Å². The van der Waals surface area contributed by atoms with Crippen LogP contribution in [0.1, 0.15) is 0 Å². The Morgan fingerprint density at radius 3 is 2.75 bits per heavy atom. The summed E-state index contributed by atoms with van der Waals surface area (Å²) in [6.45, 7) is 0.584. The van der Waals surface area contributed by atoms with Gasteiger partial charge in [0.2, 0.25) is 0 Å². The summed E-state index contributed by atoms with van der Waals surface area (Å²) in [5.41, 5.74) is 6.38. The van der Waals surface area contributed by atoms with Crippen LogP contribution in [0.15, 0.2) is 29.9 Å². The Labute approximate surface area is 49.2 Å². The minimum absolute atomic E-state index is 0.584. The highest BCUT2D eigenvalue weighted by molar-refractivity contribution is 5.28. The normalized spacial score (nSPS) is 15.4. The van der Waals surface area contributed by atoms with E-state index in [1.54, 1.807) is 0 Å². The second-order valence-corrected chi connectivity index (χ2v) is 1.59. The maximum Gasteiger partial charge on any atom is 0.129 e. The fraction of sp³-hybridized carbons (Fsp3) is 0.143. The Hall–Kier alpha value is -0.910. The lowest BCUT2D eigenvalue weighted by atomic mass is 10.2. The Balaban J connectivity index is 2.68. The summed E-state index contributed by atoms with van der Waals surface area (Å²) < 4.78 is 0. The van der Waals surface area contributed by atoms with E-state index in [9.17, 15) is 0 Å². The molecule has 0 aliphatic heterocycles. The molecule has 8 heavy (non-hydrogen) atoms. The van der Waals surface area contributed by atoms with Crippen LogP contribution in [0, 0.1) is 6.08 Å². The molecule has 0 saturated carbocycles. The molecule has 0 fully saturated rings. The lowest BCUT2D eigenvalue weighted by molar-refractivity contribution is 1.17. The Morgan fingerprint density at radius 1 is 1.50 bits per heavy atom. The van der Waals surface area contributed by atoms with Gasteiger partial charge in [0, 0.05) is 18.2 Å². The summed E-state index contributed by atoms with van der Waals surface area (Å²) in [6.07, 6.45) is 10.7. The first-order chi connectivity index (χ1) is 3.93. The van der Waals surface area contributed by atoms with E-state index in [-0.39, 0.29) is 0 Å². The molecule has 0 amide bonds. The second kappa shape index (κ2) is 2.41. The van der Waals surface area contributed by atoms with Crippen LogP contribution in [-0.2, 0) is 0 Å². The molecular weight excluding hydrogens is 98.1 g/mol. The summed E-state index contributed by atoms with van der Waals surface area (Å²) in [5.74, 6) is 0. The van der Waals surface area contributed by atoms with E-state index in [4.69, 9.17) is 5.73 Å². The van der Waals surface area contributed by atoms with E-state index in [1.807, 2.05) is 24.3 Å². The van der Waals surface area contributed by atoms with Crippen LogP contribution in [0.3, 0.4) is 0 Å². The number of hydrogen-bond donors (Lipinski definition) is 1. The van der Waals surface area contributed by atoms with Crippen molar-refractivity contribution in [2.24, 2.45) is 5.73 Å². The van der Waals surface area contributed by atoms with Gasteiger partial charge in [0.1, 0.15) is 11.6 Å². The van der Waals surface area contributed by atoms with Crippen molar-refractivity contribution >= 4 is 0 Å². The van der Waals surface area contributed by atoms with Crippen LogP contribution in [0.5, 0.6) is 0 Å². The lowest BCUT2D eigenvalue weighted by Gasteiger charge is -1.84. The molecule has 2 N–H and O–H groups in total. The third-order valence-electron chi connectivity index (χ3n) is 0.993. The number of allylic oxidation sites excluding steroid dienone is 4. The van der Waals surface area contributed by atoms with Crippen molar-refractivity contribution in [3.8, 4) is 0 Å². The predicted octanol–water partition coefficient (Wildman–Crippen LogP) is 0.801. The van der Waals surface area contributed by atoms with Gasteiger partial charge in [0.15, 0.2) is 0 Å². The molecule has 1 heteroatoms. The smallest absolute Gasteiger partial charge is 0.129 e. The first-order valence-corrected chi connectivity index (χ1v) is 2.59. The summed E-state index contributed by atoms with van der Waals surface area (Å²) in [7, 11) is 0. The fourth-order valence-electron chi connectivity index (χ4n) is 0.557. The largest absolute Gasteiger partial charge is 0.324 e. The van der Waals surface area contributed by atoms with E-state index < -0.39 is 0 Å². The minimum atomic E-state index is 0.584. The van der Waals surface area contributed by atoms with Gasteiger partial charge in [-0.3, -0.25) is 0 Å². The van der Waals surface area contributed by atoms with Crippen LogP contribution in [-0.4, -0.2) is 6.54 Å². The van der Waals surface area contributed by atoms with E-state index in [2.05, 4.69) is 6.08 Å². The molecule has 0 radical (unpaired) electrons. The molecule has 1 nitrogen and oxygen atoms in total. The van der Waals surface area contributed by atoms with Crippen LogP contribution < -0.4 is 5.73 Å². The summed E-state index contributed by atoms with van der Waals surface area (Å²) in [4.78, 5) is 0. The maximum absolute atomic E-state index is 5.32. The summed E-state index contributed by atoms with van der Waals surface area (Å²) >= 11 is 0. The zero-order chi connectivity index (χ0) is 5.82. The average Bonchev–Trinajstić information content (AvgIpc) is 1.90. The molecule has 1 aliphatic carbocycles. The van der Waals surface area contributed by atoms with Gasteiger partial charge in [-0.2, -0.15) is 0 Å². The fourth-order valence-corrected chi connectivity index (χ4v) is 0.557. The van der Waals surface area contributed by atoms with E-state index in [0.29, 0.717) is 6.54 Å². The van der Waals surface area contributed by atoms with Gasteiger partial charge in [-0.15, -0.1) is 0 Å². The molecule has 0 heterocycles. The summed E-state index contributed by atoms with van der Waals surface area (Å²) in [6, 6.07) is 0. The highest BCUT2D eigenvalue weighted by atomic mass is 14.5. The van der Waals surface area contributed by atoms with Crippen LogP contribution in [0.25, 0.3) is 0 Å². The molecule has 1 aliphatic rings. The van der Waals surface area contributed by atoms with Crippen molar-refractivity contribution in [2.75, 3.05) is 6.54 Å². The van der Waals surface area contributed by atoms with Crippen molar-refractivity contribution < 1.29 is 0 Å². The predicted molar refractivity (Wildman–Crippen MR) is 34.1 cm³/mol. The third-order valence-corrected chi connectivity index (χ3v) is 0.993. The van der Waals surface area contributed by atoms with Gasteiger partial charge in [0.25, 0.3) is 0 Å². The van der Waals surface area contributed by atoms with Crippen molar-refractivity contribution in [1.82, 2.24) is 0 Å². The summed E-state index contributed by atoms with van der Waals surface area (Å²) in [5, 5.41) is 0. The Kier molecular flexibility index (Phi) is 1.58. The quantitative estimate of drug-likeness (QED) is 0.491. The Bertz CT molecular complexity index is 152. The molecule has 0 aromatic rings. The van der Waals surface area contributed by atoms with Crippen LogP contribution in [0.2, 0.25) is 0 Å². The molecule has 40 valence electrons. The molecule has 0 saturated heterocycles. The average molecular weight is 106 g/mol. The van der Waals surface area contributed by atoms with Crippen molar-refractivity contribution in [2.45, 2.75) is 0 Å². The first kappa shape index (κ1) is 5.23. The van der Waals surface area contributed by atoms with Crippen LogP contribution in [0.4, 0.5) is 0 Å². The first-order valence-electron chi connectivity index (χ1n) is 2.59. The molecule has 0 atom stereocenters. The molecule has 1 rings (SSSR count). The molecule has 0 aromatic heterocycles. The SMILES string of the molecule is NCC1=CC=CC=[C+]1. The van der Waals surface area contributed by atoms with Gasteiger partial charge in [0.05, 0.1) is 12.6 Å². The molecule has 0 aromatic carbocycles. The molecule has 0 bridgehead atoms. The van der Waals surface area contributed by atoms with E-state index >= 15 is 0 Å². The van der Waals surface area contributed by atoms with Crippen molar-refractivity contribution in [3.63, 3.8) is 0 Å².